The summed E-state index contributed by atoms with van der Waals surface area (Å²) in [4.78, 5) is 61.1. The Labute approximate surface area is 218 Å². The molecule has 0 saturated carbocycles. The number of carbonyl (C=O) groups excluding carboxylic acids is 3. The van der Waals surface area contributed by atoms with E-state index in [4.69, 9.17) is 22.3 Å². The van der Waals surface area contributed by atoms with Crippen molar-refractivity contribution < 1.29 is 39.3 Å². The van der Waals surface area contributed by atoms with Gasteiger partial charge in [0.25, 0.3) is 0 Å². The third-order valence-electron chi connectivity index (χ3n) is 5.30. The first-order valence-corrected chi connectivity index (χ1v) is 12.6. The lowest BCUT2D eigenvalue weighted by Crippen LogP contribution is -2.53. The summed E-state index contributed by atoms with van der Waals surface area (Å²) < 4.78 is 0. The van der Waals surface area contributed by atoms with E-state index in [0.29, 0.717) is 36.7 Å². The van der Waals surface area contributed by atoms with Gasteiger partial charge in [0, 0.05) is 12.2 Å². The number of unbranched alkanes of at least 4 members (excludes halogenated alkanes) is 1. The summed E-state index contributed by atoms with van der Waals surface area (Å²) in [5.74, 6) is -5.57. The third kappa shape index (κ3) is 11.3. The van der Waals surface area contributed by atoms with E-state index < -0.39 is 65.6 Å². The van der Waals surface area contributed by atoms with E-state index in [0.717, 1.165) is 0 Å². The van der Waals surface area contributed by atoms with E-state index in [-0.39, 0.29) is 18.6 Å². The van der Waals surface area contributed by atoms with E-state index in [2.05, 4.69) is 10.6 Å². The fourth-order valence-corrected chi connectivity index (χ4v) is 4.22. The van der Waals surface area contributed by atoms with E-state index in [1.807, 2.05) is 0 Å². The van der Waals surface area contributed by atoms with Crippen LogP contribution in [0, 0.1) is 0 Å². The second-order valence-electron chi connectivity index (χ2n) is 8.28. The lowest BCUT2D eigenvalue weighted by atomic mass is 10.0. The number of hydrogen-bond acceptors (Lipinski definition) is 10. The van der Waals surface area contributed by atoms with Gasteiger partial charge < -0.3 is 43.2 Å². The van der Waals surface area contributed by atoms with Crippen LogP contribution in [0.2, 0.25) is 0 Å². The molecular formula is C23H35N5O8S. The van der Waals surface area contributed by atoms with Crippen molar-refractivity contribution in [3.05, 3.63) is 35.9 Å². The third-order valence-corrected chi connectivity index (χ3v) is 6.62. The number of nitrogens with one attached hydrogen (secondary N) is 2. The molecule has 0 aliphatic heterocycles. The van der Waals surface area contributed by atoms with E-state index >= 15 is 0 Å². The number of rotatable bonds is 18. The maximum atomic E-state index is 13.0. The van der Waals surface area contributed by atoms with E-state index in [1.165, 1.54) is 0 Å². The zero-order valence-corrected chi connectivity index (χ0v) is 21.1. The Morgan fingerprint density at radius 1 is 0.865 bits per heavy atom. The number of aliphatic hydroxyl groups excluding tert-OH is 1. The number of carboxylic acids is 2. The summed E-state index contributed by atoms with van der Waals surface area (Å²) >= 11 is 0.583. The fraction of sp³-hybridized carbons (Fsp3) is 0.522. The molecule has 1 rings (SSSR count). The van der Waals surface area contributed by atoms with Gasteiger partial charge in [0.05, 0.1) is 18.7 Å². The van der Waals surface area contributed by atoms with Crippen molar-refractivity contribution >= 4 is 41.3 Å². The van der Waals surface area contributed by atoms with Crippen molar-refractivity contribution in [1.82, 2.24) is 10.6 Å². The van der Waals surface area contributed by atoms with Gasteiger partial charge in [-0.2, -0.15) is 0 Å². The predicted octanol–water partition coefficient (Wildman–Crippen LogP) is -2.19. The van der Waals surface area contributed by atoms with Crippen LogP contribution in [0.5, 0.6) is 0 Å². The number of nitrogens with two attached hydrogens (primary N) is 3. The molecule has 2 amide bonds. The minimum absolute atomic E-state index is 0.0121. The summed E-state index contributed by atoms with van der Waals surface area (Å²) in [6.45, 7) is -0.341. The number of carboxylic acid groups (broad SMARTS) is 2. The van der Waals surface area contributed by atoms with Crippen LogP contribution in [0.3, 0.4) is 0 Å². The Morgan fingerprint density at radius 3 is 2.00 bits per heavy atom. The standard InChI is InChI=1S/C23H35N5O8S/c24-9-5-4-8-16(27-20(31)14(25)11-29)18(30)19(23(35)36)37-12-15(26)21(32)28-17(22(33)34)10-13-6-2-1-3-7-13/h1-3,6-7,14-17,19,29H,4-5,8-12,24-26H2,(H,27,31)(H,28,32)(H,33,34)(H,35,36)/t14-,15-,16-,17-,19?/m0/s1. The quantitative estimate of drug-likeness (QED) is 0.0729. The summed E-state index contributed by atoms with van der Waals surface area (Å²) in [6, 6.07) is 3.55. The van der Waals surface area contributed by atoms with Gasteiger partial charge in [-0.15, -0.1) is 11.8 Å². The van der Waals surface area contributed by atoms with E-state index in [9.17, 15) is 34.2 Å². The number of aliphatic hydroxyl groups is 1. The fourth-order valence-electron chi connectivity index (χ4n) is 3.20. The first-order chi connectivity index (χ1) is 17.5. The SMILES string of the molecule is NCCCC[C@H](NC(=O)[C@@H](N)CO)C(=O)C(SC[C@H](N)C(=O)N[C@@H](Cc1ccccc1)C(=O)O)C(=O)O. The lowest BCUT2D eigenvalue weighted by Gasteiger charge is -2.23. The van der Waals surface area contributed by atoms with Crippen LogP contribution >= 0.6 is 11.8 Å². The molecule has 1 aromatic carbocycles. The Morgan fingerprint density at radius 2 is 1.46 bits per heavy atom. The summed E-state index contributed by atoms with van der Waals surface area (Å²) in [5.41, 5.74) is 17.5. The molecule has 13 nitrogen and oxygen atoms in total. The zero-order chi connectivity index (χ0) is 28.0. The number of benzene rings is 1. The molecule has 37 heavy (non-hydrogen) atoms. The predicted molar refractivity (Wildman–Crippen MR) is 136 cm³/mol. The smallest absolute Gasteiger partial charge is 0.326 e. The van der Waals surface area contributed by atoms with Crippen LogP contribution in [0.4, 0.5) is 0 Å². The van der Waals surface area contributed by atoms with Crippen LogP contribution in [-0.2, 0) is 30.4 Å². The molecule has 11 N–H and O–H groups in total. The highest BCUT2D eigenvalue weighted by Crippen LogP contribution is 2.18. The number of carbonyl (C=O) groups is 5. The van der Waals surface area contributed by atoms with Gasteiger partial charge in [0.1, 0.15) is 12.1 Å². The molecule has 0 aliphatic carbocycles. The molecule has 5 atom stereocenters. The van der Waals surface area contributed by atoms with Crippen molar-refractivity contribution in [2.45, 2.75) is 55.1 Å². The summed E-state index contributed by atoms with van der Waals surface area (Å²) in [5, 5.41) is 31.2. The van der Waals surface area contributed by atoms with Crippen molar-refractivity contribution in [3.63, 3.8) is 0 Å². The largest absolute Gasteiger partial charge is 0.480 e. The van der Waals surface area contributed by atoms with Crippen molar-refractivity contribution in [1.29, 1.82) is 0 Å². The van der Waals surface area contributed by atoms with Crippen LogP contribution in [-0.4, -0.2) is 93.2 Å². The maximum absolute atomic E-state index is 13.0. The van der Waals surface area contributed by atoms with Gasteiger partial charge >= 0.3 is 11.9 Å². The number of aliphatic carboxylic acids is 2. The van der Waals surface area contributed by atoms with Crippen LogP contribution < -0.4 is 27.8 Å². The molecule has 1 aromatic rings. The highest BCUT2D eigenvalue weighted by atomic mass is 32.2. The second kappa shape index (κ2) is 16.7. The molecule has 14 heteroatoms. The molecule has 0 saturated heterocycles. The Balaban J connectivity index is 2.85. The van der Waals surface area contributed by atoms with Crippen molar-refractivity contribution in [3.8, 4) is 0 Å². The molecular weight excluding hydrogens is 506 g/mol. The van der Waals surface area contributed by atoms with Gasteiger partial charge in [-0.25, -0.2) is 4.79 Å². The van der Waals surface area contributed by atoms with Crippen LogP contribution in [0.1, 0.15) is 24.8 Å². The summed E-state index contributed by atoms with van der Waals surface area (Å²) in [7, 11) is 0. The minimum atomic E-state index is -1.67. The molecule has 0 aromatic heterocycles. The number of hydrogen-bond donors (Lipinski definition) is 8. The molecule has 0 heterocycles. The van der Waals surface area contributed by atoms with Gasteiger partial charge in [-0.3, -0.25) is 19.2 Å². The minimum Gasteiger partial charge on any atom is -0.480 e. The van der Waals surface area contributed by atoms with Gasteiger partial charge in [0.2, 0.25) is 11.8 Å². The molecule has 206 valence electrons. The van der Waals surface area contributed by atoms with Crippen molar-refractivity contribution in [2.24, 2.45) is 17.2 Å². The normalized spacial score (nSPS) is 15.0. The highest BCUT2D eigenvalue weighted by Gasteiger charge is 2.35. The molecule has 1 unspecified atom stereocenters. The van der Waals surface area contributed by atoms with E-state index in [1.54, 1.807) is 30.3 Å². The number of thioether (sulfide) groups is 1. The zero-order valence-electron chi connectivity index (χ0n) is 20.2. The van der Waals surface area contributed by atoms with Crippen LogP contribution in [0.25, 0.3) is 0 Å². The summed E-state index contributed by atoms with van der Waals surface area (Å²) in [6.07, 6.45) is 1.04. The topological polar surface area (TPSA) is 248 Å². The molecule has 0 fully saturated rings. The van der Waals surface area contributed by atoms with Crippen LogP contribution in [0.15, 0.2) is 30.3 Å². The van der Waals surface area contributed by atoms with Gasteiger partial charge in [0.15, 0.2) is 11.0 Å². The number of amides is 2. The average molecular weight is 542 g/mol. The first-order valence-electron chi connectivity index (χ1n) is 11.6. The molecule has 0 spiro atoms. The number of Topliss-reactive ketones (excluding diaryl/α,β-unsaturated/α-hetero) is 1. The monoisotopic (exact) mass is 541 g/mol. The number of ketones is 1. The highest BCUT2D eigenvalue weighted by molar-refractivity contribution is 8.01. The Kier molecular flexibility index (Phi) is 14.4. The van der Waals surface area contributed by atoms with Crippen molar-refractivity contribution in [2.75, 3.05) is 18.9 Å². The Bertz CT molecular complexity index is 920. The Hall–Kier alpha value is -3.04. The second-order valence-corrected chi connectivity index (χ2v) is 9.42. The molecule has 0 bridgehead atoms. The van der Waals surface area contributed by atoms with Gasteiger partial charge in [-0.05, 0) is 31.4 Å². The molecule has 0 radical (unpaired) electrons. The maximum Gasteiger partial charge on any atom is 0.326 e. The lowest BCUT2D eigenvalue weighted by molar-refractivity contribution is -0.142. The first kappa shape index (κ1) is 32.0. The van der Waals surface area contributed by atoms with Gasteiger partial charge in [-0.1, -0.05) is 30.3 Å². The average Bonchev–Trinajstić information content (AvgIpc) is 2.87. The molecule has 0 aliphatic rings.